The van der Waals surface area contributed by atoms with Crippen molar-refractivity contribution in [1.29, 1.82) is 0 Å². The number of aromatic nitrogens is 1. The minimum Gasteiger partial charge on any atom is -0.494 e. The van der Waals surface area contributed by atoms with E-state index >= 15 is 0 Å². The van der Waals surface area contributed by atoms with Crippen molar-refractivity contribution in [3.63, 3.8) is 0 Å². The second-order valence-electron chi connectivity index (χ2n) is 10.1. The first-order valence-corrected chi connectivity index (χ1v) is 15.4. The van der Waals surface area contributed by atoms with Crippen LogP contribution in [-0.2, 0) is 6.42 Å². The van der Waals surface area contributed by atoms with E-state index in [1.54, 1.807) is 11.3 Å². The molecule has 3 rings (SSSR count). The van der Waals surface area contributed by atoms with Gasteiger partial charge >= 0.3 is 0 Å². The Morgan fingerprint density at radius 2 is 1.17 bits per heavy atom. The normalized spacial score (nSPS) is 11.2. The van der Waals surface area contributed by atoms with Crippen LogP contribution in [0.1, 0.15) is 109 Å². The van der Waals surface area contributed by atoms with Crippen LogP contribution in [0.15, 0.2) is 54.7 Å². The number of ether oxygens (including phenoxy) is 1. The summed E-state index contributed by atoms with van der Waals surface area (Å²) in [7, 11) is 0. The van der Waals surface area contributed by atoms with Crippen LogP contribution in [0, 0.1) is 0 Å². The Bertz CT molecular complexity index is 945. The predicted molar refractivity (Wildman–Crippen MR) is 158 cm³/mol. The van der Waals surface area contributed by atoms with Gasteiger partial charge in [-0.1, -0.05) is 115 Å². The summed E-state index contributed by atoms with van der Waals surface area (Å²) in [6, 6.07) is 17.5. The predicted octanol–water partition coefficient (Wildman–Crippen LogP) is 10.9. The van der Waals surface area contributed by atoms with Crippen LogP contribution in [0.2, 0.25) is 0 Å². The van der Waals surface area contributed by atoms with E-state index in [2.05, 4.69) is 62.4 Å². The second-order valence-corrected chi connectivity index (χ2v) is 11.1. The molecule has 3 aromatic rings. The lowest BCUT2D eigenvalue weighted by Crippen LogP contribution is -1.97. The summed E-state index contributed by atoms with van der Waals surface area (Å²) in [5.41, 5.74) is 3.86. The highest BCUT2D eigenvalue weighted by molar-refractivity contribution is 7.18. The number of nitrogens with zero attached hydrogens (tertiary/aromatic N) is 1. The van der Waals surface area contributed by atoms with E-state index in [0.29, 0.717) is 0 Å². The summed E-state index contributed by atoms with van der Waals surface area (Å²) in [4.78, 5) is 5.91. The van der Waals surface area contributed by atoms with Crippen molar-refractivity contribution < 1.29 is 4.74 Å². The minimum absolute atomic E-state index is 0.808. The molecule has 0 saturated carbocycles. The Balaban J connectivity index is 1.38. The lowest BCUT2D eigenvalue weighted by atomic mass is 10.0. The number of unbranched alkanes of at least 4 members (excludes halogenated alkanes) is 12. The molecular formula is C33H47NOS. The zero-order valence-corrected chi connectivity index (χ0v) is 23.6. The highest BCUT2D eigenvalue weighted by atomic mass is 32.1. The van der Waals surface area contributed by atoms with Gasteiger partial charge in [-0.15, -0.1) is 11.3 Å². The molecular weight excluding hydrogens is 458 g/mol. The molecule has 1 aromatic heterocycles. The van der Waals surface area contributed by atoms with Gasteiger partial charge in [0.15, 0.2) is 0 Å². The van der Waals surface area contributed by atoms with E-state index < -0.39 is 0 Å². The Morgan fingerprint density at radius 1 is 0.611 bits per heavy atom. The van der Waals surface area contributed by atoms with E-state index in [-0.39, 0.29) is 0 Å². The molecule has 1 heterocycles. The van der Waals surface area contributed by atoms with Gasteiger partial charge in [0, 0.05) is 11.8 Å². The summed E-state index contributed by atoms with van der Waals surface area (Å²) in [6.45, 7) is 5.34. The van der Waals surface area contributed by atoms with E-state index in [1.807, 2.05) is 6.20 Å². The Kier molecular flexibility index (Phi) is 13.7. The highest BCUT2D eigenvalue weighted by Gasteiger charge is 2.07. The molecule has 36 heavy (non-hydrogen) atoms. The third-order valence-corrected chi connectivity index (χ3v) is 8.03. The maximum atomic E-state index is 5.92. The molecule has 0 unspecified atom stereocenters. The van der Waals surface area contributed by atoms with Gasteiger partial charge in [0.1, 0.15) is 10.8 Å². The molecule has 0 fully saturated rings. The van der Waals surface area contributed by atoms with Gasteiger partial charge in [-0.25, -0.2) is 4.98 Å². The SMILES string of the molecule is CCCCCCCCCCCc1ccc(-c2ncc(-c3ccc(OCCCCCCC)cc3)s2)cc1. The maximum Gasteiger partial charge on any atom is 0.123 e. The third-order valence-electron chi connectivity index (χ3n) is 6.93. The van der Waals surface area contributed by atoms with Crippen LogP contribution in [0.25, 0.3) is 21.0 Å². The van der Waals surface area contributed by atoms with Gasteiger partial charge in [-0.05, 0) is 54.7 Å². The number of benzene rings is 2. The summed E-state index contributed by atoms with van der Waals surface area (Å²) < 4.78 is 5.92. The molecule has 0 atom stereocenters. The highest BCUT2D eigenvalue weighted by Crippen LogP contribution is 2.33. The molecule has 196 valence electrons. The topological polar surface area (TPSA) is 22.1 Å². The van der Waals surface area contributed by atoms with Crippen molar-refractivity contribution in [1.82, 2.24) is 4.98 Å². The van der Waals surface area contributed by atoms with Gasteiger partial charge in [-0.3, -0.25) is 0 Å². The van der Waals surface area contributed by atoms with E-state index in [4.69, 9.17) is 9.72 Å². The second kappa shape index (κ2) is 17.3. The van der Waals surface area contributed by atoms with Crippen LogP contribution >= 0.6 is 11.3 Å². The zero-order chi connectivity index (χ0) is 25.3. The molecule has 0 aliphatic carbocycles. The van der Waals surface area contributed by atoms with Crippen molar-refractivity contribution in [2.45, 2.75) is 110 Å². The fourth-order valence-corrected chi connectivity index (χ4v) is 5.53. The first-order valence-electron chi connectivity index (χ1n) is 14.6. The van der Waals surface area contributed by atoms with Crippen LogP contribution in [-0.4, -0.2) is 11.6 Å². The number of hydrogen-bond donors (Lipinski definition) is 0. The van der Waals surface area contributed by atoms with Crippen LogP contribution in [0.4, 0.5) is 0 Å². The lowest BCUT2D eigenvalue weighted by molar-refractivity contribution is 0.304. The van der Waals surface area contributed by atoms with Crippen molar-refractivity contribution in [3.05, 3.63) is 60.3 Å². The molecule has 0 N–H and O–H groups in total. The van der Waals surface area contributed by atoms with Crippen molar-refractivity contribution in [2.24, 2.45) is 0 Å². The Labute approximate surface area is 224 Å². The number of thiazole rings is 1. The van der Waals surface area contributed by atoms with Crippen LogP contribution in [0.3, 0.4) is 0 Å². The molecule has 0 radical (unpaired) electrons. The van der Waals surface area contributed by atoms with E-state index in [9.17, 15) is 0 Å². The van der Waals surface area contributed by atoms with Gasteiger partial charge in [0.25, 0.3) is 0 Å². The number of aryl methyl sites for hydroxylation is 1. The average molecular weight is 506 g/mol. The monoisotopic (exact) mass is 505 g/mol. The zero-order valence-electron chi connectivity index (χ0n) is 22.8. The van der Waals surface area contributed by atoms with Crippen molar-refractivity contribution in [3.8, 4) is 26.8 Å². The Hall–Kier alpha value is -2.13. The number of rotatable bonds is 19. The lowest BCUT2D eigenvalue weighted by Gasteiger charge is -2.06. The third kappa shape index (κ3) is 10.5. The van der Waals surface area contributed by atoms with E-state index in [0.717, 1.165) is 23.8 Å². The fraction of sp³-hybridized carbons (Fsp3) is 0.545. The van der Waals surface area contributed by atoms with Gasteiger partial charge in [0.05, 0.1) is 11.5 Å². The molecule has 0 saturated heterocycles. The average Bonchev–Trinajstić information content (AvgIpc) is 3.41. The fourth-order valence-electron chi connectivity index (χ4n) is 4.61. The minimum atomic E-state index is 0.808. The molecule has 0 bridgehead atoms. The molecule has 0 amide bonds. The standard InChI is InChI=1S/C33H47NOS/c1-3-5-7-9-10-11-12-13-15-17-28-18-20-30(21-19-28)33-34-27-32(36-33)29-22-24-31(25-23-29)35-26-16-14-8-6-4-2/h18-25,27H,3-17,26H2,1-2H3. The molecule has 0 spiro atoms. The quantitative estimate of drug-likeness (QED) is 0.151. The molecule has 0 aliphatic heterocycles. The smallest absolute Gasteiger partial charge is 0.123 e. The first-order chi connectivity index (χ1) is 17.8. The number of hydrogen-bond acceptors (Lipinski definition) is 3. The van der Waals surface area contributed by atoms with Crippen molar-refractivity contribution in [2.75, 3.05) is 6.61 Å². The maximum absolute atomic E-state index is 5.92. The van der Waals surface area contributed by atoms with Gasteiger partial charge in [-0.2, -0.15) is 0 Å². The van der Waals surface area contributed by atoms with Crippen molar-refractivity contribution >= 4 is 11.3 Å². The molecule has 0 aliphatic rings. The summed E-state index contributed by atoms with van der Waals surface area (Å²) >= 11 is 1.76. The first kappa shape index (κ1) is 28.4. The summed E-state index contributed by atoms with van der Waals surface area (Å²) in [6.07, 6.45) is 22.0. The van der Waals surface area contributed by atoms with Crippen LogP contribution < -0.4 is 4.74 Å². The van der Waals surface area contributed by atoms with E-state index in [1.165, 1.54) is 111 Å². The molecule has 3 heteroatoms. The largest absolute Gasteiger partial charge is 0.494 e. The summed E-state index contributed by atoms with van der Waals surface area (Å²) in [5.74, 6) is 0.960. The van der Waals surface area contributed by atoms with Gasteiger partial charge in [0.2, 0.25) is 0 Å². The summed E-state index contributed by atoms with van der Waals surface area (Å²) in [5, 5.41) is 1.09. The van der Waals surface area contributed by atoms with Gasteiger partial charge < -0.3 is 4.74 Å². The molecule has 2 aromatic carbocycles. The Morgan fingerprint density at radius 3 is 1.81 bits per heavy atom. The molecule has 2 nitrogen and oxygen atoms in total. The van der Waals surface area contributed by atoms with Crippen LogP contribution in [0.5, 0.6) is 5.75 Å².